The van der Waals surface area contributed by atoms with Gasteiger partial charge < -0.3 is 5.32 Å². The number of hydrogen-bond donors (Lipinski definition) is 1. The molecule has 1 aromatic rings. The van der Waals surface area contributed by atoms with Crippen molar-refractivity contribution >= 4 is 11.6 Å². The number of benzene rings is 1. The van der Waals surface area contributed by atoms with Gasteiger partial charge in [-0.05, 0) is 55.5 Å². The van der Waals surface area contributed by atoms with Gasteiger partial charge in [-0.1, -0.05) is 17.7 Å². The Kier molecular flexibility index (Phi) is 3.09. The zero-order chi connectivity index (χ0) is 9.97. The van der Waals surface area contributed by atoms with Gasteiger partial charge in [0.05, 0.1) is 0 Å². The molecule has 2 heteroatoms. The average Bonchev–Trinajstić information content (AvgIpc) is 2.18. The van der Waals surface area contributed by atoms with Gasteiger partial charge in [0.25, 0.3) is 0 Å². The van der Waals surface area contributed by atoms with Gasteiger partial charge in [0.1, 0.15) is 0 Å². The summed E-state index contributed by atoms with van der Waals surface area (Å²) in [5, 5.41) is 4.30. The number of rotatable bonds is 1. The minimum atomic E-state index is 0.654. The lowest BCUT2D eigenvalue weighted by atomic mass is 9.91. The van der Waals surface area contributed by atoms with E-state index >= 15 is 0 Å². The molecule has 0 aliphatic carbocycles. The molecule has 76 valence electrons. The maximum Gasteiger partial charge on any atom is 0.0411 e. The second-order valence-electron chi connectivity index (χ2n) is 4.11. The minimum absolute atomic E-state index is 0.654. The number of nitrogens with one attached hydrogen (secondary N) is 1. The normalized spacial score (nSPS) is 22.3. The van der Waals surface area contributed by atoms with Gasteiger partial charge in [0.15, 0.2) is 0 Å². The third kappa shape index (κ3) is 2.28. The lowest BCUT2D eigenvalue weighted by Gasteiger charge is -2.23. The lowest BCUT2D eigenvalue weighted by Crippen LogP contribution is -2.28. The Morgan fingerprint density at radius 1 is 1.36 bits per heavy atom. The Bertz CT molecular complexity index is 296. The maximum absolute atomic E-state index is 6.05. The van der Waals surface area contributed by atoms with Gasteiger partial charge in [-0.3, -0.25) is 0 Å². The Balaban J connectivity index is 2.21. The van der Waals surface area contributed by atoms with Crippen molar-refractivity contribution in [2.45, 2.75) is 25.7 Å². The van der Waals surface area contributed by atoms with Crippen LogP contribution in [0.5, 0.6) is 0 Å². The number of hydrogen-bond acceptors (Lipinski definition) is 1. The predicted octanol–water partition coefficient (Wildman–Crippen LogP) is 3.12. The third-order valence-corrected chi connectivity index (χ3v) is 3.05. The highest BCUT2D eigenvalue weighted by molar-refractivity contribution is 6.30. The van der Waals surface area contributed by atoms with Crippen LogP contribution in [0.15, 0.2) is 18.2 Å². The molecule has 1 unspecified atom stereocenters. The van der Waals surface area contributed by atoms with E-state index in [4.69, 9.17) is 11.6 Å². The molecule has 0 bridgehead atoms. The van der Waals surface area contributed by atoms with E-state index in [0.29, 0.717) is 5.92 Å². The Morgan fingerprint density at radius 2 is 2.21 bits per heavy atom. The lowest BCUT2D eigenvalue weighted by molar-refractivity contribution is 0.461. The van der Waals surface area contributed by atoms with Crippen molar-refractivity contribution in [1.29, 1.82) is 0 Å². The molecule has 1 aliphatic rings. The van der Waals surface area contributed by atoms with E-state index in [1.54, 1.807) is 0 Å². The first kappa shape index (κ1) is 10.0. The van der Waals surface area contributed by atoms with Crippen LogP contribution in [0.2, 0.25) is 5.02 Å². The molecule has 1 atom stereocenters. The number of halogens is 1. The van der Waals surface area contributed by atoms with Crippen molar-refractivity contribution in [3.63, 3.8) is 0 Å². The van der Waals surface area contributed by atoms with Gasteiger partial charge in [0.2, 0.25) is 0 Å². The van der Waals surface area contributed by atoms with Crippen molar-refractivity contribution < 1.29 is 0 Å². The van der Waals surface area contributed by atoms with E-state index in [2.05, 4.69) is 24.4 Å². The molecule has 14 heavy (non-hydrogen) atoms. The van der Waals surface area contributed by atoms with E-state index in [0.717, 1.165) is 18.1 Å². The second kappa shape index (κ2) is 4.33. The molecule has 0 saturated carbocycles. The fraction of sp³-hybridized carbons (Fsp3) is 0.500. The van der Waals surface area contributed by atoms with Crippen LogP contribution in [0, 0.1) is 6.92 Å². The zero-order valence-electron chi connectivity index (χ0n) is 8.52. The molecule has 0 amide bonds. The van der Waals surface area contributed by atoms with E-state index in [1.165, 1.54) is 24.0 Å². The van der Waals surface area contributed by atoms with E-state index in [1.807, 2.05) is 6.07 Å². The molecule has 0 aromatic heterocycles. The highest BCUT2D eigenvalue weighted by Crippen LogP contribution is 2.26. The van der Waals surface area contributed by atoms with Gasteiger partial charge in [0, 0.05) is 11.6 Å². The van der Waals surface area contributed by atoms with Crippen molar-refractivity contribution in [2.24, 2.45) is 0 Å². The van der Waals surface area contributed by atoms with E-state index in [-0.39, 0.29) is 0 Å². The Morgan fingerprint density at radius 3 is 2.86 bits per heavy atom. The summed E-state index contributed by atoms with van der Waals surface area (Å²) in [4.78, 5) is 0. The molecule has 1 N–H and O–H groups in total. The van der Waals surface area contributed by atoms with Crippen LogP contribution in [-0.4, -0.2) is 13.1 Å². The summed E-state index contributed by atoms with van der Waals surface area (Å²) in [5.41, 5.74) is 2.65. The molecular formula is C12H16ClN. The molecule has 0 spiro atoms. The van der Waals surface area contributed by atoms with Crippen LogP contribution in [-0.2, 0) is 0 Å². The van der Waals surface area contributed by atoms with Gasteiger partial charge in [-0.25, -0.2) is 0 Å². The molecule has 1 nitrogen and oxygen atoms in total. The Hall–Kier alpha value is -0.530. The summed E-state index contributed by atoms with van der Waals surface area (Å²) >= 11 is 6.05. The van der Waals surface area contributed by atoms with Crippen LogP contribution in [0.1, 0.15) is 29.9 Å². The largest absolute Gasteiger partial charge is 0.316 e. The molecule has 1 aliphatic heterocycles. The monoisotopic (exact) mass is 209 g/mol. The first-order valence-corrected chi connectivity index (χ1v) is 5.61. The average molecular weight is 210 g/mol. The fourth-order valence-corrected chi connectivity index (χ4v) is 2.43. The standard InChI is InChI=1S/C12H16ClN/c1-9-5-11(7-12(13)6-9)10-3-2-4-14-8-10/h5-7,10,14H,2-4,8H2,1H3. The summed E-state index contributed by atoms with van der Waals surface area (Å²) in [5.74, 6) is 0.654. The van der Waals surface area contributed by atoms with Crippen LogP contribution in [0.25, 0.3) is 0 Å². The summed E-state index contributed by atoms with van der Waals surface area (Å²) < 4.78 is 0. The SMILES string of the molecule is Cc1cc(Cl)cc(C2CCCNC2)c1. The highest BCUT2D eigenvalue weighted by Gasteiger charge is 2.15. The summed E-state index contributed by atoms with van der Waals surface area (Å²) in [6.45, 7) is 4.36. The molecule has 1 heterocycles. The van der Waals surface area contributed by atoms with Gasteiger partial charge >= 0.3 is 0 Å². The molecule has 0 radical (unpaired) electrons. The van der Waals surface area contributed by atoms with Gasteiger partial charge in [-0.15, -0.1) is 0 Å². The smallest absolute Gasteiger partial charge is 0.0411 e. The van der Waals surface area contributed by atoms with Crippen molar-refractivity contribution in [1.82, 2.24) is 5.32 Å². The van der Waals surface area contributed by atoms with E-state index < -0.39 is 0 Å². The van der Waals surface area contributed by atoms with Crippen molar-refractivity contribution in [3.05, 3.63) is 34.3 Å². The molecule has 2 rings (SSSR count). The number of piperidine rings is 1. The molecule has 1 fully saturated rings. The molecule has 1 saturated heterocycles. The first-order valence-electron chi connectivity index (χ1n) is 5.23. The summed E-state index contributed by atoms with van der Waals surface area (Å²) in [6.07, 6.45) is 2.56. The topological polar surface area (TPSA) is 12.0 Å². The summed E-state index contributed by atoms with van der Waals surface area (Å²) in [6, 6.07) is 6.37. The minimum Gasteiger partial charge on any atom is -0.316 e. The highest BCUT2D eigenvalue weighted by atomic mass is 35.5. The first-order chi connectivity index (χ1) is 6.75. The summed E-state index contributed by atoms with van der Waals surface area (Å²) in [7, 11) is 0. The van der Waals surface area contributed by atoms with Crippen molar-refractivity contribution in [2.75, 3.05) is 13.1 Å². The predicted molar refractivity (Wildman–Crippen MR) is 61.0 cm³/mol. The maximum atomic E-state index is 6.05. The molecule has 1 aromatic carbocycles. The van der Waals surface area contributed by atoms with Crippen LogP contribution < -0.4 is 5.32 Å². The Labute approximate surface area is 90.5 Å². The van der Waals surface area contributed by atoms with Gasteiger partial charge in [-0.2, -0.15) is 0 Å². The van der Waals surface area contributed by atoms with E-state index in [9.17, 15) is 0 Å². The van der Waals surface area contributed by atoms with Crippen molar-refractivity contribution in [3.8, 4) is 0 Å². The second-order valence-corrected chi connectivity index (χ2v) is 4.54. The van der Waals surface area contributed by atoms with Crippen LogP contribution in [0.4, 0.5) is 0 Å². The third-order valence-electron chi connectivity index (χ3n) is 2.83. The fourth-order valence-electron chi connectivity index (χ4n) is 2.14. The number of aryl methyl sites for hydroxylation is 1. The van der Waals surface area contributed by atoms with Crippen LogP contribution in [0.3, 0.4) is 0 Å². The molecular weight excluding hydrogens is 194 g/mol. The van der Waals surface area contributed by atoms with Crippen LogP contribution >= 0.6 is 11.6 Å². The quantitative estimate of drug-likeness (QED) is 0.750. The zero-order valence-corrected chi connectivity index (χ0v) is 9.27.